The van der Waals surface area contributed by atoms with E-state index < -0.39 is 10.5 Å². The summed E-state index contributed by atoms with van der Waals surface area (Å²) in [4.78, 5) is 22.2. The molecule has 0 heterocycles. The molecule has 6 heteroatoms. The Labute approximate surface area is 128 Å². The normalized spacial score (nSPS) is 16.9. The summed E-state index contributed by atoms with van der Waals surface area (Å²) in [6.07, 6.45) is 7.11. The molecule has 1 amide bonds. The Morgan fingerprint density at radius 1 is 1.36 bits per heavy atom. The van der Waals surface area contributed by atoms with E-state index in [1.54, 1.807) is 12.1 Å². The molecule has 1 aliphatic carbocycles. The van der Waals surface area contributed by atoms with Gasteiger partial charge in [0, 0.05) is 18.2 Å². The second-order valence-electron chi connectivity index (χ2n) is 5.43. The molecule has 0 bridgehead atoms. The summed E-state index contributed by atoms with van der Waals surface area (Å²) in [6, 6.07) is 8.24. The highest BCUT2D eigenvalue weighted by Gasteiger charge is 2.32. The van der Waals surface area contributed by atoms with Crippen molar-refractivity contribution in [3.63, 3.8) is 0 Å². The van der Waals surface area contributed by atoms with Crippen LogP contribution in [0.15, 0.2) is 30.3 Å². The Morgan fingerprint density at radius 3 is 2.73 bits per heavy atom. The maximum absolute atomic E-state index is 12.0. The minimum atomic E-state index is -0.775. The predicted molar refractivity (Wildman–Crippen MR) is 81.7 cm³/mol. The first kappa shape index (κ1) is 15.7. The fourth-order valence-electron chi connectivity index (χ4n) is 2.61. The number of nitro groups is 1. The summed E-state index contributed by atoms with van der Waals surface area (Å²) in [6.45, 7) is 0. The highest BCUT2D eigenvalue weighted by atomic mass is 16.6. The van der Waals surface area contributed by atoms with Crippen LogP contribution in [0.4, 0.5) is 5.69 Å². The van der Waals surface area contributed by atoms with Crippen LogP contribution in [0.3, 0.4) is 0 Å². The molecule has 1 saturated carbocycles. The molecule has 0 radical (unpaired) electrons. The molecule has 1 fully saturated rings. The van der Waals surface area contributed by atoms with Crippen molar-refractivity contribution >= 4 is 17.7 Å². The van der Waals surface area contributed by atoms with Crippen molar-refractivity contribution in [2.24, 2.45) is 0 Å². The van der Waals surface area contributed by atoms with Gasteiger partial charge in [-0.2, -0.15) is 5.26 Å². The van der Waals surface area contributed by atoms with Gasteiger partial charge < -0.3 is 5.32 Å². The third kappa shape index (κ3) is 3.92. The molecule has 0 unspecified atom stereocenters. The number of nitriles is 1. The van der Waals surface area contributed by atoms with Crippen molar-refractivity contribution in [1.29, 1.82) is 5.26 Å². The van der Waals surface area contributed by atoms with Gasteiger partial charge in [0.2, 0.25) is 5.91 Å². The van der Waals surface area contributed by atoms with Gasteiger partial charge in [0.05, 0.1) is 11.0 Å². The van der Waals surface area contributed by atoms with E-state index in [4.69, 9.17) is 0 Å². The molecule has 22 heavy (non-hydrogen) atoms. The maximum Gasteiger partial charge on any atom is 0.270 e. The van der Waals surface area contributed by atoms with E-state index in [0.29, 0.717) is 18.4 Å². The molecule has 1 N–H and O–H groups in total. The van der Waals surface area contributed by atoms with Crippen molar-refractivity contribution in [3.05, 3.63) is 46.0 Å². The monoisotopic (exact) mass is 299 g/mol. The Hall–Kier alpha value is -2.68. The van der Waals surface area contributed by atoms with E-state index in [2.05, 4.69) is 11.4 Å². The number of non-ortho nitro benzene ring substituents is 1. The second-order valence-corrected chi connectivity index (χ2v) is 5.43. The van der Waals surface area contributed by atoms with Gasteiger partial charge in [-0.3, -0.25) is 14.9 Å². The number of nitro benzene ring substituents is 1. The molecule has 2 rings (SSSR count). The fraction of sp³-hybridized carbons (Fsp3) is 0.375. The van der Waals surface area contributed by atoms with Crippen LogP contribution in [0.25, 0.3) is 6.08 Å². The molecule has 0 atom stereocenters. The van der Waals surface area contributed by atoms with E-state index in [0.717, 1.165) is 19.3 Å². The molecular weight excluding hydrogens is 282 g/mol. The quantitative estimate of drug-likeness (QED) is 0.525. The van der Waals surface area contributed by atoms with Crippen LogP contribution in [0.2, 0.25) is 0 Å². The first-order valence-electron chi connectivity index (χ1n) is 7.21. The van der Waals surface area contributed by atoms with E-state index >= 15 is 0 Å². The van der Waals surface area contributed by atoms with Crippen LogP contribution >= 0.6 is 0 Å². The van der Waals surface area contributed by atoms with Gasteiger partial charge in [-0.25, -0.2) is 0 Å². The summed E-state index contributed by atoms with van der Waals surface area (Å²) in [7, 11) is 0. The average Bonchev–Trinajstić information content (AvgIpc) is 2.54. The zero-order valence-electron chi connectivity index (χ0n) is 12.1. The van der Waals surface area contributed by atoms with E-state index in [-0.39, 0.29) is 11.6 Å². The van der Waals surface area contributed by atoms with Gasteiger partial charge in [-0.1, -0.05) is 31.4 Å². The smallest absolute Gasteiger partial charge is 0.270 e. The molecule has 0 spiro atoms. The molecule has 0 aliphatic heterocycles. The van der Waals surface area contributed by atoms with Crippen LogP contribution in [0, 0.1) is 21.4 Å². The summed E-state index contributed by atoms with van der Waals surface area (Å²) in [5.41, 5.74) is -0.232. The van der Waals surface area contributed by atoms with Crippen molar-refractivity contribution in [2.75, 3.05) is 0 Å². The Morgan fingerprint density at radius 2 is 2.09 bits per heavy atom. The van der Waals surface area contributed by atoms with E-state index in [1.165, 1.54) is 24.3 Å². The molecule has 1 aromatic rings. The van der Waals surface area contributed by atoms with Gasteiger partial charge in [0.1, 0.15) is 5.54 Å². The lowest BCUT2D eigenvalue weighted by atomic mass is 9.83. The van der Waals surface area contributed by atoms with Crippen molar-refractivity contribution in [2.45, 2.75) is 37.6 Å². The minimum Gasteiger partial charge on any atom is -0.334 e. The van der Waals surface area contributed by atoms with Crippen molar-refractivity contribution < 1.29 is 9.72 Å². The summed E-state index contributed by atoms with van der Waals surface area (Å²) >= 11 is 0. The molecule has 114 valence electrons. The number of nitrogens with zero attached hydrogens (tertiary/aromatic N) is 2. The first-order valence-corrected chi connectivity index (χ1v) is 7.21. The number of hydrogen-bond donors (Lipinski definition) is 1. The summed E-state index contributed by atoms with van der Waals surface area (Å²) in [5, 5.41) is 22.8. The zero-order valence-corrected chi connectivity index (χ0v) is 12.1. The van der Waals surface area contributed by atoms with Crippen LogP contribution in [0.5, 0.6) is 0 Å². The van der Waals surface area contributed by atoms with Gasteiger partial charge in [-0.15, -0.1) is 0 Å². The van der Waals surface area contributed by atoms with Crippen LogP contribution < -0.4 is 5.32 Å². The summed E-state index contributed by atoms with van der Waals surface area (Å²) in [5.74, 6) is -0.352. The molecule has 0 aromatic heterocycles. The highest BCUT2D eigenvalue weighted by Crippen LogP contribution is 2.27. The van der Waals surface area contributed by atoms with Gasteiger partial charge in [0.25, 0.3) is 5.69 Å². The molecule has 6 nitrogen and oxygen atoms in total. The van der Waals surface area contributed by atoms with Crippen molar-refractivity contribution in [3.8, 4) is 6.07 Å². The predicted octanol–water partition coefficient (Wildman–Crippen LogP) is 2.95. The standard InChI is InChI=1S/C16H17N3O3/c17-12-16(9-2-1-3-10-16)18-15(20)8-7-13-5-4-6-14(11-13)19(21)22/h4-8,11H,1-3,9-10H2,(H,18,20)/b8-7+. The molecule has 0 saturated heterocycles. The highest BCUT2D eigenvalue weighted by molar-refractivity contribution is 5.92. The molecular formula is C16H17N3O3. The lowest BCUT2D eigenvalue weighted by Gasteiger charge is -2.31. The summed E-state index contributed by atoms with van der Waals surface area (Å²) < 4.78 is 0. The SMILES string of the molecule is N#CC1(NC(=O)/C=C/c2cccc([N+](=O)[O-])c2)CCCCC1. The number of benzene rings is 1. The van der Waals surface area contributed by atoms with Crippen LogP contribution in [-0.4, -0.2) is 16.4 Å². The minimum absolute atomic E-state index is 0.0247. The Balaban J connectivity index is 2.03. The molecule has 1 aromatic carbocycles. The van der Waals surface area contributed by atoms with Crippen LogP contribution in [0.1, 0.15) is 37.7 Å². The van der Waals surface area contributed by atoms with E-state index in [9.17, 15) is 20.2 Å². The maximum atomic E-state index is 12.0. The fourth-order valence-corrected chi connectivity index (χ4v) is 2.61. The average molecular weight is 299 g/mol. The largest absolute Gasteiger partial charge is 0.334 e. The second kappa shape index (κ2) is 6.85. The number of carbonyl (C=O) groups excluding carboxylic acids is 1. The number of carbonyl (C=O) groups is 1. The number of hydrogen-bond acceptors (Lipinski definition) is 4. The van der Waals surface area contributed by atoms with Crippen molar-refractivity contribution in [1.82, 2.24) is 5.32 Å². The van der Waals surface area contributed by atoms with Gasteiger partial charge in [0.15, 0.2) is 0 Å². The topological polar surface area (TPSA) is 96.0 Å². The van der Waals surface area contributed by atoms with Gasteiger partial charge >= 0.3 is 0 Å². The molecule has 1 aliphatic rings. The van der Waals surface area contributed by atoms with Crippen LogP contribution in [-0.2, 0) is 4.79 Å². The lowest BCUT2D eigenvalue weighted by Crippen LogP contribution is -2.48. The Kier molecular flexibility index (Phi) is 4.89. The third-order valence-electron chi connectivity index (χ3n) is 3.79. The first-order chi connectivity index (χ1) is 10.5. The number of rotatable bonds is 4. The van der Waals surface area contributed by atoms with E-state index in [1.807, 2.05) is 0 Å². The lowest BCUT2D eigenvalue weighted by molar-refractivity contribution is -0.384. The third-order valence-corrected chi connectivity index (χ3v) is 3.79. The zero-order chi connectivity index (χ0) is 16.0. The number of nitrogens with one attached hydrogen (secondary N) is 1. The van der Waals surface area contributed by atoms with Gasteiger partial charge in [-0.05, 0) is 24.5 Å². The Bertz CT molecular complexity index is 640. The number of amides is 1.